The molecule has 2 atom stereocenters. The maximum atomic E-state index is 6.49. The van der Waals surface area contributed by atoms with E-state index < -0.39 is 0 Å². The van der Waals surface area contributed by atoms with E-state index in [1.54, 1.807) is 21.3 Å². The van der Waals surface area contributed by atoms with Gasteiger partial charge in [0, 0.05) is 36.8 Å². The molecule has 244 valence electrons. The first-order chi connectivity index (χ1) is 21.6. The standard InChI is InChI=1S/C39H48N2O4.HI/c1-40(2)20-18-29-11-15-32(42-5)25-34(29)36(40)22-27-8-13-31(14-9-27)45-39-24-28(10-17-38(39)44-7)23-37-35-26-33(43-6)16-12-30(35)19-21-41(37,3)4;/h8-17,24-26,36-37H,18-23H2,1-7H3;1H/q+2;/p-1. The first kappa shape index (κ1) is 34.1. The van der Waals surface area contributed by atoms with Crippen LogP contribution in [0.5, 0.6) is 28.7 Å². The van der Waals surface area contributed by atoms with Gasteiger partial charge in [-0.2, -0.15) is 0 Å². The molecular weight excluding hydrogens is 687 g/mol. The van der Waals surface area contributed by atoms with Crippen LogP contribution >= 0.6 is 0 Å². The molecule has 0 aromatic heterocycles. The quantitative estimate of drug-likeness (QED) is 0.190. The van der Waals surface area contributed by atoms with Crippen LogP contribution in [0.1, 0.15) is 45.5 Å². The lowest BCUT2D eigenvalue weighted by molar-refractivity contribution is -0.923. The average molecular weight is 736 g/mol. The highest BCUT2D eigenvalue weighted by Gasteiger charge is 2.37. The molecule has 0 N–H and O–H groups in total. The van der Waals surface area contributed by atoms with Crippen LogP contribution in [0.25, 0.3) is 0 Å². The first-order valence-electron chi connectivity index (χ1n) is 16.0. The van der Waals surface area contributed by atoms with Crippen LogP contribution in [-0.4, -0.2) is 71.6 Å². The summed E-state index contributed by atoms with van der Waals surface area (Å²) in [7, 11) is 14.5. The second kappa shape index (κ2) is 13.8. The molecular formula is C39H48IN2O4+. The van der Waals surface area contributed by atoms with Gasteiger partial charge >= 0.3 is 0 Å². The molecule has 7 heteroatoms. The molecule has 0 aliphatic carbocycles. The predicted octanol–water partition coefficient (Wildman–Crippen LogP) is 4.34. The number of hydrogen-bond acceptors (Lipinski definition) is 4. The molecule has 0 amide bonds. The van der Waals surface area contributed by atoms with Crippen LogP contribution in [0.2, 0.25) is 0 Å². The van der Waals surface area contributed by atoms with E-state index in [1.807, 2.05) is 6.07 Å². The Bertz CT molecular complexity index is 1670. The molecule has 0 fully saturated rings. The van der Waals surface area contributed by atoms with Crippen molar-refractivity contribution in [3.05, 3.63) is 112 Å². The zero-order valence-electron chi connectivity index (χ0n) is 28.3. The molecule has 0 saturated carbocycles. The maximum Gasteiger partial charge on any atom is 0.169 e. The van der Waals surface area contributed by atoms with Crippen molar-refractivity contribution >= 4 is 0 Å². The van der Waals surface area contributed by atoms with Crippen LogP contribution in [-0.2, 0) is 25.7 Å². The van der Waals surface area contributed by atoms with Crippen LogP contribution in [0.15, 0.2) is 78.9 Å². The summed E-state index contributed by atoms with van der Waals surface area (Å²) in [6.07, 6.45) is 4.02. The number of rotatable bonds is 9. The van der Waals surface area contributed by atoms with Crippen molar-refractivity contribution in [3.8, 4) is 28.7 Å². The van der Waals surface area contributed by atoms with E-state index in [2.05, 4.69) is 101 Å². The van der Waals surface area contributed by atoms with Crippen molar-refractivity contribution < 1.29 is 51.9 Å². The molecule has 2 aliphatic heterocycles. The van der Waals surface area contributed by atoms with Crippen molar-refractivity contribution in [1.29, 1.82) is 0 Å². The summed E-state index contributed by atoms with van der Waals surface area (Å²) in [5.41, 5.74) is 8.14. The maximum absolute atomic E-state index is 6.49. The fourth-order valence-electron chi connectivity index (χ4n) is 7.27. The summed E-state index contributed by atoms with van der Waals surface area (Å²) >= 11 is 0. The summed E-state index contributed by atoms with van der Waals surface area (Å²) in [5.74, 6) is 4.11. The van der Waals surface area contributed by atoms with Gasteiger partial charge in [-0.3, -0.25) is 0 Å². The van der Waals surface area contributed by atoms with Crippen LogP contribution in [0, 0.1) is 0 Å². The van der Waals surface area contributed by atoms with Crippen molar-refractivity contribution in [1.82, 2.24) is 0 Å². The van der Waals surface area contributed by atoms with E-state index in [9.17, 15) is 0 Å². The summed E-state index contributed by atoms with van der Waals surface area (Å²) in [4.78, 5) is 0. The highest BCUT2D eigenvalue weighted by atomic mass is 127. The smallest absolute Gasteiger partial charge is 0.169 e. The SMILES string of the molecule is COc1ccc2c(c1)C(Cc1ccc(Oc3cc(CC4c5cc(OC)ccc5CC[N+]4(C)C)ccc3OC)cc1)[N+](C)(C)CC2.[I-]. The molecule has 4 aromatic rings. The van der Waals surface area contributed by atoms with E-state index in [-0.39, 0.29) is 24.0 Å². The number of nitrogens with zero attached hydrogens (tertiary/aromatic N) is 2. The van der Waals surface area contributed by atoms with Crippen LogP contribution in [0.3, 0.4) is 0 Å². The van der Waals surface area contributed by atoms with Gasteiger partial charge in [0.1, 0.15) is 29.3 Å². The Balaban J connectivity index is 0.00000417. The molecule has 46 heavy (non-hydrogen) atoms. The molecule has 2 unspecified atom stereocenters. The number of methoxy groups -OCH3 is 3. The van der Waals surface area contributed by atoms with Crippen LogP contribution < -0.4 is 42.9 Å². The van der Waals surface area contributed by atoms with Gasteiger partial charge in [-0.1, -0.05) is 30.3 Å². The number of hydrogen-bond donors (Lipinski definition) is 0. The minimum Gasteiger partial charge on any atom is -1.00 e. The monoisotopic (exact) mass is 735 g/mol. The molecule has 2 heterocycles. The van der Waals surface area contributed by atoms with E-state index in [0.29, 0.717) is 12.1 Å². The van der Waals surface area contributed by atoms with E-state index in [1.165, 1.54) is 33.4 Å². The Morgan fingerprint density at radius 3 is 1.52 bits per heavy atom. The number of benzene rings is 4. The third-order valence-corrected chi connectivity index (χ3v) is 10.3. The molecule has 0 bridgehead atoms. The summed E-state index contributed by atoms with van der Waals surface area (Å²) in [6.45, 7) is 2.23. The molecule has 4 aromatic carbocycles. The topological polar surface area (TPSA) is 36.9 Å². The van der Waals surface area contributed by atoms with Crippen molar-refractivity contribution in [2.45, 2.75) is 37.8 Å². The lowest BCUT2D eigenvalue weighted by Gasteiger charge is -2.43. The van der Waals surface area contributed by atoms with Crippen LogP contribution in [0.4, 0.5) is 0 Å². The van der Waals surface area contributed by atoms with Gasteiger partial charge in [0.15, 0.2) is 11.5 Å². The average Bonchev–Trinajstić information content (AvgIpc) is 3.04. The second-order valence-electron chi connectivity index (χ2n) is 13.8. The Kier molecular flexibility index (Phi) is 10.3. The molecule has 0 saturated heterocycles. The zero-order chi connectivity index (χ0) is 31.8. The second-order valence-corrected chi connectivity index (χ2v) is 13.8. The lowest BCUT2D eigenvalue weighted by atomic mass is 9.87. The largest absolute Gasteiger partial charge is 1.00 e. The summed E-state index contributed by atoms with van der Waals surface area (Å²) in [5, 5.41) is 0. The number of likely N-dealkylation sites (N-methyl/N-ethyl adjacent to an activating group) is 2. The van der Waals surface area contributed by atoms with Gasteiger partial charge < -0.3 is 51.9 Å². The number of fused-ring (bicyclic) bond motifs is 2. The third-order valence-electron chi connectivity index (χ3n) is 10.3. The van der Waals surface area contributed by atoms with Gasteiger partial charge in [-0.15, -0.1) is 0 Å². The zero-order valence-corrected chi connectivity index (χ0v) is 30.5. The lowest BCUT2D eigenvalue weighted by Crippen LogP contribution is -3.00. The molecule has 0 radical (unpaired) electrons. The number of halogens is 1. The predicted molar refractivity (Wildman–Crippen MR) is 180 cm³/mol. The Morgan fingerprint density at radius 1 is 0.543 bits per heavy atom. The van der Waals surface area contributed by atoms with E-state index >= 15 is 0 Å². The van der Waals surface area contributed by atoms with Gasteiger partial charge in [0.05, 0.1) is 62.6 Å². The Morgan fingerprint density at radius 2 is 1.02 bits per heavy atom. The molecule has 6 nitrogen and oxygen atoms in total. The fraction of sp³-hybridized carbons (Fsp3) is 0.385. The number of quaternary nitrogens is 2. The highest BCUT2D eigenvalue weighted by molar-refractivity contribution is 5.47. The minimum absolute atomic E-state index is 0. The molecule has 0 spiro atoms. The molecule has 2 aliphatic rings. The van der Waals surface area contributed by atoms with Crippen molar-refractivity contribution in [2.24, 2.45) is 0 Å². The molecule has 6 rings (SSSR count). The first-order valence-corrected chi connectivity index (χ1v) is 16.0. The van der Waals surface area contributed by atoms with Gasteiger partial charge in [-0.05, 0) is 70.8 Å². The normalized spacial score (nSPS) is 19.2. The minimum atomic E-state index is 0. The Labute approximate surface area is 292 Å². The van der Waals surface area contributed by atoms with Gasteiger partial charge in [0.2, 0.25) is 0 Å². The van der Waals surface area contributed by atoms with Gasteiger partial charge in [-0.25, -0.2) is 0 Å². The number of ether oxygens (including phenoxy) is 4. The summed E-state index contributed by atoms with van der Waals surface area (Å²) in [6, 6.07) is 28.7. The highest BCUT2D eigenvalue weighted by Crippen LogP contribution is 2.41. The van der Waals surface area contributed by atoms with E-state index in [4.69, 9.17) is 18.9 Å². The fourth-order valence-corrected chi connectivity index (χ4v) is 7.27. The van der Waals surface area contributed by atoms with Crippen molar-refractivity contribution in [3.63, 3.8) is 0 Å². The van der Waals surface area contributed by atoms with E-state index in [0.717, 1.165) is 76.5 Å². The Hall–Kier alpha value is -3.27. The summed E-state index contributed by atoms with van der Waals surface area (Å²) < 4.78 is 25.3. The van der Waals surface area contributed by atoms with Crippen molar-refractivity contribution in [2.75, 3.05) is 62.6 Å². The third kappa shape index (κ3) is 7.02. The van der Waals surface area contributed by atoms with Gasteiger partial charge in [0.25, 0.3) is 0 Å².